The maximum atomic E-state index is 6.16. The van der Waals surface area contributed by atoms with Crippen LogP contribution in [0.4, 0.5) is 5.69 Å². The fourth-order valence-corrected chi connectivity index (χ4v) is 2.61. The highest BCUT2D eigenvalue weighted by Gasteiger charge is 2.09. The summed E-state index contributed by atoms with van der Waals surface area (Å²) in [5.41, 5.74) is 7.11. The number of nitrogens with two attached hydrogens (primary N) is 1. The van der Waals surface area contributed by atoms with Crippen molar-refractivity contribution >= 4 is 44.1 Å². The number of rotatable bonds is 2. The van der Waals surface area contributed by atoms with Crippen LogP contribution in [-0.2, 0) is 0 Å². The van der Waals surface area contributed by atoms with Gasteiger partial charge in [0.25, 0.3) is 0 Å². The molecular weight excluding hydrogens is 340 g/mol. The Kier molecular flexibility index (Phi) is 3.51. The van der Waals surface area contributed by atoms with E-state index in [2.05, 4.69) is 20.9 Å². The molecule has 20 heavy (non-hydrogen) atoms. The highest BCUT2D eigenvalue weighted by atomic mass is 79.9. The van der Waals surface area contributed by atoms with Crippen LogP contribution in [-0.4, -0.2) is 4.98 Å². The Balaban J connectivity index is 2.09. The van der Waals surface area contributed by atoms with E-state index >= 15 is 0 Å². The number of hydrogen-bond donors (Lipinski definition) is 1. The lowest BCUT2D eigenvalue weighted by molar-refractivity contribution is 0.484. The predicted molar refractivity (Wildman–Crippen MR) is 85.4 cm³/mol. The normalized spacial score (nSPS) is 10.7. The van der Waals surface area contributed by atoms with E-state index in [-0.39, 0.29) is 0 Å². The molecule has 0 radical (unpaired) electrons. The number of hydrogen-bond acceptors (Lipinski definition) is 3. The van der Waals surface area contributed by atoms with Crippen LogP contribution in [0.5, 0.6) is 11.5 Å². The molecule has 0 bridgehead atoms. The summed E-state index contributed by atoms with van der Waals surface area (Å²) < 4.78 is 6.70. The smallest absolute Gasteiger partial charge is 0.153 e. The van der Waals surface area contributed by atoms with Crippen LogP contribution in [0.3, 0.4) is 0 Å². The lowest BCUT2D eigenvalue weighted by Gasteiger charge is -2.11. The first kappa shape index (κ1) is 13.2. The molecule has 0 amide bonds. The van der Waals surface area contributed by atoms with E-state index in [9.17, 15) is 0 Å². The Morgan fingerprint density at radius 3 is 2.70 bits per heavy atom. The molecule has 3 rings (SSSR count). The molecule has 0 saturated carbocycles. The van der Waals surface area contributed by atoms with Crippen LogP contribution < -0.4 is 10.5 Å². The van der Waals surface area contributed by atoms with E-state index in [4.69, 9.17) is 22.1 Å². The fourth-order valence-electron chi connectivity index (χ4n) is 1.91. The average molecular weight is 350 g/mol. The molecule has 0 unspecified atom stereocenters. The second kappa shape index (κ2) is 5.31. The molecule has 0 saturated heterocycles. The molecule has 0 aliphatic heterocycles. The van der Waals surface area contributed by atoms with Crippen molar-refractivity contribution in [3.05, 3.63) is 58.2 Å². The van der Waals surface area contributed by atoms with Gasteiger partial charge in [0.15, 0.2) is 5.75 Å². The maximum absolute atomic E-state index is 6.16. The minimum atomic E-state index is 0.649. The summed E-state index contributed by atoms with van der Waals surface area (Å²) in [4.78, 5) is 4.34. The van der Waals surface area contributed by atoms with Gasteiger partial charge < -0.3 is 10.5 Å². The molecule has 2 aromatic carbocycles. The Hall–Kier alpha value is -1.78. The van der Waals surface area contributed by atoms with E-state index in [0.717, 1.165) is 15.4 Å². The molecule has 3 aromatic rings. The molecule has 0 aliphatic rings. The predicted octanol–water partition coefficient (Wildman–Crippen LogP) is 5.03. The van der Waals surface area contributed by atoms with E-state index in [1.165, 1.54) is 0 Å². The largest absolute Gasteiger partial charge is 0.454 e. The zero-order valence-corrected chi connectivity index (χ0v) is 12.6. The summed E-state index contributed by atoms with van der Waals surface area (Å²) >= 11 is 9.59. The standard InChI is InChI=1S/C15H10BrClN2O/c16-11-8-9(18)3-5-13(11)20-14-6-4-12(17)10-2-1-7-19-15(10)14/h1-8H,18H2. The topological polar surface area (TPSA) is 48.1 Å². The molecule has 1 aromatic heterocycles. The van der Waals surface area contributed by atoms with Crippen LogP contribution in [0.1, 0.15) is 0 Å². The van der Waals surface area contributed by atoms with Gasteiger partial charge in [-0.3, -0.25) is 4.98 Å². The average Bonchev–Trinajstić information content (AvgIpc) is 2.45. The van der Waals surface area contributed by atoms with Crippen molar-refractivity contribution in [3.63, 3.8) is 0 Å². The number of aromatic nitrogens is 1. The summed E-state index contributed by atoms with van der Waals surface area (Å²) in [5.74, 6) is 1.32. The second-order valence-electron chi connectivity index (χ2n) is 4.24. The number of nitrogen functional groups attached to an aromatic ring is 1. The van der Waals surface area contributed by atoms with E-state index < -0.39 is 0 Å². The SMILES string of the molecule is Nc1ccc(Oc2ccc(Cl)c3cccnc23)c(Br)c1. The zero-order chi connectivity index (χ0) is 14.1. The molecular formula is C15H10BrClN2O. The Bertz CT molecular complexity index is 792. The summed E-state index contributed by atoms with van der Waals surface area (Å²) in [6.07, 6.45) is 1.71. The molecule has 100 valence electrons. The second-order valence-corrected chi connectivity index (χ2v) is 5.50. The van der Waals surface area contributed by atoms with Gasteiger partial charge in [0.05, 0.1) is 9.50 Å². The van der Waals surface area contributed by atoms with Gasteiger partial charge in [-0.15, -0.1) is 0 Å². The van der Waals surface area contributed by atoms with Gasteiger partial charge in [0, 0.05) is 17.3 Å². The quantitative estimate of drug-likeness (QED) is 0.660. The van der Waals surface area contributed by atoms with Gasteiger partial charge in [-0.1, -0.05) is 11.6 Å². The third kappa shape index (κ3) is 2.44. The first-order valence-corrected chi connectivity index (χ1v) is 7.08. The van der Waals surface area contributed by atoms with Crippen LogP contribution >= 0.6 is 27.5 Å². The van der Waals surface area contributed by atoms with E-state index in [0.29, 0.717) is 22.2 Å². The van der Waals surface area contributed by atoms with Crippen LogP contribution in [0.15, 0.2) is 53.1 Å². The summed E-state index contributed by atoms with van der Waals surface area (Å²) in [6, 6.07) is 12.7. The first-order valence-electron chi connectivity index (χ1n) is 5.91. The maximum Gasteiger partial charge on any atom is 0.153 e. The van der Waals surface area contributed by atoms with Gasteiger partial charge in [-0.25, -0.2) is 0 Å². The molecule has 1 heterocycles. The monoisotopic (exact) mass is 348 g/mol. The fraction of sp³-hybridized carbons (Fsp3) is 0. The van der Waals surface area contributed by atoms with Crippen molar-refractivity contribution in [3.8, 4) is 11.5 Å². The zero-order valence-electron chi connectivity index (χ0n) is 10.3. The van der Waals surface area contributed by atoms with E-state index in [1.54, 1.807) is 30.5 Å². The van der Waals surface area contributed by atoms with Gasteiger partial charge in [0.1, 0.15) is 11.3 Å². The number of fused-ring (bicyclic) bond motifs is 1. The number of pyridine rings is 1. The van der Waals surface area contributed by atoms with Crippen molar-refractivity contribution in [1.29, 1.82) is 0 Å². The van der Waals surface area contributed by atoms with E-state index in [1.807, 2.05) is 18.2 Å². The third-order valence-electron chi connectivity index (χ3n) is 2.86. The van der Waals surface area contributed by atoms with Gasteiger partial charge in [-0.05, 0) is 58.4 Å². The highest BCUT2D eigenvalue weighted by molar-refractivity contribution is 9.10. The van der Waals surface area contributed by atoms with Crippen molar-refractivity contribution in [2.75, 3.05) is 5.73 Å². The summed E-state index contributed by atoms with van der Waals surface area (Å²) in [7, 11) is 0. The Labute approximate surface area is 129 Å². The lowest BCUT2D eigenvalue weighted by Crippen LogP contribution is -1.91. The van der Waals surface area contributed by atoms with Crippen LogP contribution in [0.2, 0.25) is 5.02 Å². The Morgan fingerprint density at radius 2 is 1.90 bits per heavy atom. The van der Waals surface area contributed by atoms with Crippen LogP contribution in [0, 0.1) is 0 Å². The van der Waals surface area contributed by atoms with Crippen molar-refractivity contribution < 1.29 is 4.74 Å². The minimum absolute atomic E-state index is 0.649. The van der Waals surface area contributed by atoms with Gasteiger partial charge in [-0.2, -0.15) is 0 Å². The van der Waals surface area contributed by atoms with Crippen LogP contribution in [0.25, 0.3) is 10.9 Å². The number of anilines is 1. The summed E-state index contributed by atoms with van der Waals surface area (Å²) in [5, 5.41) is 1.51. The number of benzene rings is 2. The first-order chi connectivity index (χ1) is 9.65. The minimum Gasteiger partial charge on any atom is -0.454 e. The lowest BCUT2D eigenvalue weighted by atomic mass is 10.2. The van der Waals surface area contributed by atoms with Gasteiger partial charge in [0.2, 0.25) is 0 Å². The molecule has 0 atom stereocenters. The molecule has 2 N–H and O–H groups in total. The number of nitrogens with zero attached hydrogens (tertiary/aromatic N) is 1. The Morgan fingerprint density at radius 1 is 1.10 bits per heavy atom. The molecule has 0 fully saturated rings. The van der Waals surface area contributed by atoms with Crippen molar-refractivity contribution in [2.45, 2.75) is 0 Å². The molecule has 3 nitrogen and oxygen atoms in total. The highest BCUT2D eigenvalue weighted by Crippen LogP contribution is 2.36. The summed E-state index contributed by atoms with van der Waals surface area (Å²) in [6.45, 7) is 0. The number of halogens is 2. The molecule has 0 aliphatic carbocycles. The molecule has 5 heteroatoms. The van der Waals surface area contributed by atoms with Gasteiger partial charge >= 0.3 is 0 Å². The number of ether oxygens (including phenoxy) is 1. The van der Waals surface area contributed by atoms with Crippen molar-refractivity contribution in [2.24, 2.45) is 0 Å². The third-order valence-corrected chi connectivity index (χ3v) is 3.80. The van der Waals surface area contributed by atoms with Crippen molar-refractivity contribution in [1.82, 2.24) is 4.98 Å². The molecule has 0 spiro atoms.